The molecule has 0 spiro atoms. The topological polar surface area (TPSA) is 71.1 Å². The van der Waals surface area contributed by atoms with E-state index in [1.54, 1.807) is 12.3 Å². The van der Waals surface area contributed by atoms with Crippen molar-refractivity contribution in [3.63, 3.8) is 0 Å². The number of pyridine rings is 1. The van der Waals surface area contributed by atoms with E-state index in [9.17, 15) is 9.59 Å². The summed E-state index contributed by atoms with van der Waals surface area (Å²) < 4.78 is 7.43. The highest BCUT2D eigenvalue weighted by Crippen LogP contribution is 2.22. The third-order valence-corrected chi connectivity index (χ3v) is 5.51. The van der Waals surface area contributed by atoms with Crippen molar-refractivity contribution in [3.8, 4) is 0 Å². The largest absolute Gasteiger partial charge is 0.456 e. The van der Waals surface area contributed by atoms with Gasteiger partial charge in [-0.25, -0.2) is 4.98 Å². The summed E-state index contributed by atoms with van der Waals surface area (Å²) in [4.78, 5) is 33.9. The quantitative estimate of drug-likeness (QED) is 0.665. The molecule has 0 N–H and O–H groups in total. The summed E-state index contributed by atoms with van der Waals surface area (Å²) in [5.41, 5.74) is 1.41. The zero-order chi connectivity index (χ0) is 20.4. The average molecular weight is 394 g/mol. The molecule has 1 saturated heterocycles. The van der Waals surface area contributed by atoms with E-state index in [0.717, 1.165) is 30.7 Å². The monoisotopic (exact) mass is 394 g/mol. The number of carbonyl (C=O) groups is 2. The predicted octanol–water partition coefficient (Wildman–Crippen LogP) is 3.39. The van der Waals surface area contributed by atoms with Gasteiger partial charge in [0.1, 0.15) is 11.4 Å². The molecule has 0 aliphatic carbocycles. The minimum absolute atomic E-state index is 0.0176. The molecule has 0 unspecified atom stereocenters. The molecule has 152 valence electrons. The first-order chi connectivity index (χ1) is 14.1. The smallest absolute Gasteiger partial charge is 0.289 e. The van der Waals surface area contributed by atoms with Gasteiger partial charge < -0.3 is 18.6 Å². The Morgan fingerprint density at radius 3 is 2.69 bits per heavy atom. The van der Waals surface area contributed by atoms with Crippen molar-refractivity contribution >= 4 is 17.5 Å². The lowest BCUT2D eigenvalue weighted by Crippen LogP contribution is -2.49. The van der Waals surface area contributed by atoms with Crippen LogP contribution in [0.25, 0.3) is 5.65 Å². The van der Waals surface area contributed by atoms with E-state index in [-0.39, 0.29) is 17.9 Å². The number of aromatic nitrogens is 2. The lowest BCUT2D eigenvalue weighted by Gasteiger charge is -2.38. The predicted molar refractivity (Wildman–Crippen MR) is 109 cm³/mol. The fraction of sp³-hybridized carbons (Fsp3) is 0.409. The van der Waals surface area contributed by atoms with Gasteiger partial charge in [-0.1, -0.05) is 6.92 Å². The van der Waals surface area contributed by atoms with Gasteiger partial charge in [0.05, 0.1) is 0 Å². The van der Waals surface area contributed by atoms with E-state index in [0.29, 0.717) is 31.0 Å². The number of hydrogen-bond donors (Lipinski definition) is 0. The Kier molecular flexibility index (Phi) is 5.38. The molecule has 29 heavy (non-hydrogen) atoms. The van der Waals surface area contributed by atoms with Crippen LogP contribution >= 0.6 is 0 Å². The number of likely N-dealkylation sites (tertiary alicyclic amines) is 1. The second kappa shape index (κ2) is 8.11. The third kappa shape index (κ3) is 3.90. The summed E-state index contributed by atoms with van der Waals surface area (Å²) in [6.07, 6.45) is 7.85. The fourth-order valence-corrected chi connectivity index (χ4v) is 3.99. The van der Waals surface area contributed by atoms with Gasteiger partial charge in [-0.3, -0.25) is 9.59 Å². The number of fused-ring (bicyclic) bond motifs is 1. The maximum atomic E-state index is 12.9. The number of piperidine rings is 1. The standard InChI is InChI=1S/C22H26N4O3/c1-3-10-26(22(28)19-5-4-16(2)29-19)18-7-12-25(13-8-18)21(27)17-6-11-24-14-9-23-20(24)15-17/h4-6,9,11,14-15,18H,3,7-8,10,12-13H2,1-2H3. The van der Waals surface area contributed by atoms with Gasteiger partial charge in [-0.2, -0.15) is 0 Å². The van der Waals surface area contributed by atoms with Crippen molar-refractivity contribution in [2.75, 3.05) is 19.6 Å². The first-order valence-electron chi connectivity index (χ1n) is 10.2. The summed E-state index contributed by atoms with van der Waals surface area (Å²) in [6, 6.07) is 7.32. The highest BCUT2D eigenvalue weighted by Gasteiger charge is 2.31. The first-order valence-corrected chi connectivity index (χ1v) is 10.2. The Labute approximate surface area is 169 Å². The van der Waals surface area contributed by atoms with E-state index >= 15 is 0 Å². The molecule has 1 aliphatic heterocycles. The van der Waals surface area contributed by atoms with Crippen LogP contribution < -0.4 is 0 Å². The number of nitrogens with zero attached hydrogens (tertiary/aromatic N) is 4. The molecule has 2 amide bonds. The number of furan rings is 1. The van der Waals surface area contributed by atoms with Crippen LogP contribution in [0.4, 0.5) is 0 Å². The zero-order valence-electron chi connectivity index (χ0n) is 16.9. The van der Waals surface area contributed by atoms with Crippen LogP contribution in [0.3, 0.4) is 0 Å². The molecule has 7 heteroatoms. The summed E-state index contributed by atoms with van der Waals surface area (Å²) in [5.74, 6) is 1.08. The number of rotatable bonds is 5. The lowest BCUT2D eigenvalue weighted by molar-refractivity contribution is 0.0497. The molecular weight excluding hydrogens is 368 g/mol. The third-order valence-electron chi connectivity index (χ3n) is 5.51. The van der Waals surface area contributed by atoms with E-state index < -0.39 is 0 Å². The molecule has 7 nitrogen and oxygen atoms in total. The van der Waals surface area contributed by atoms with Gasteiger partial charge in [0.15, 0.2) is 5.76 Å². The molecule has 3 aromatic rings. The highest BCUT2D eigenvalue weighted by atomic mass is 16.3. The van der Waals surface area contributed by atoms with Gasteiger partial charge in [-0.05, 0) is 50.5 Å². The molecule has 0 saturated carbocycles. The minimum atomic E-state index is -0.0607. The maximum Gasteiger partial charge on any atom is 0.289 e. The van der Waals surface area contributed by atoms with E-state index in [4.69, 9.17) is 4.42 Å². The lowest BCUT2D eigenvalue weighted by atomic mass is 10.0. The molecule has 3 aromatic heterocycles. The molecule has 1 aliphatic rings. The second-order valence-electron chi connectivity index (χ2n) is 7.54. The average Bonchev–Trinajstić information content (AvgIpc) is 3.39. The minimum Gasteiger partial charge on any atom is -0.456 e. The summed E-state index contributed by atoms with van der Waals surface area (Å²) in [7, 11) is 0. The Balaban J connectivity index is 1.42. The molecule has 1 fully saturated rings. The number of carbonyl (C=O) groups excluding carboxylic acids is 2. The van der Waals surface area contributed by atoms with Crippen LogP contribution in [0.1, 0.15) is 52.9 Å². The fourth-order valence-electron chi connectivity index (χ4n) is 3.99. The first kappa shape index (κ1) is 19.2. The molecule has 0 bridgehead atoms. The molecule has 4 rings (SSSR count). The van der Waals surface area contributed by atoms with Crippen LogP contribution in [0, 0.1) is 6.92 Å². The van der Waals surface area contributed by atoms with Crippen molar-refractivity contribution in [1.29, 1.82) is 0 Å². The van der Waals surface area contributed by atoms with Gasteiger partial charge in [-0.15, -0.1) is 0 Å². The normalized spacial score (nSPS) is 15.0. The van der Waals surface area contributed by atoms with Crippen molar-refractivity contribution in [1.82, 2.24) is 19.2 Å². The SMILES string of the molecule is CCCN(C(=O)c1ccc(C)o1)C1CCN(C(=O)c2ccn3ccnc3c2)CC1. The van der Waals surface area contributed by atoms with E-state index in [1.807, 2.05) is 51.7 Å². The number of amides is 2. The number of hydrogen-bond acceptors (Lipinski definition) is 4. The highest BCUT2D eigenvalue weighted by molar-refractivity contribution is 5.95. The van der Waals surface area contributed by atoms with Gasteiger partial charge in [0.2, 0.25) is 0 Å². The number of imidazole rings is 1. The zero-order valence-corrected chi connectivity index (χ0v) is 16.9. The Morgan fingerprint density at radius 1 is 1.21 bits per heavy atom. The van der Waals surface area contributed by atoms with Crippen molar-refractivity contribution < 1.29 is 14.0 Å². The molecule has 0 radical (unpaired) electrons. The van der Waals surface area contributed by atoms with Crippen LogP contribution in [0.2, 0.25) is 0 Å². The Morgan fingerprint density at radius 2 is 2.00 bits per heavy atom. The Bertz CT molecular complexity index is 1010. The van der Waals surface area contributed by atoms with Crippen molar-refractivity contribution in [3.05, 3.63) is 59.9 Å². The van der Waals surface area contributed by atoms with Crippen LogP contribution in [-0.4, -0.2) is 56.7 Å². The van der Waals surface area contributed by atoms with Gasteiger partial charge in [0, 0.05) is 49.8 Å². The second-order valence-corrected chi connectivity index (χ2v) is 7.54. The van der Waals surface area contributed by atoms with Crippen LogP contribution in [0.5, 0.6) is 0 Å². The molecule has 0 aromatic carbocycles. The summed E-state index contributed by atoms with van der Waals surface area (Å²) >= 11 is 0. The van der Waals surface area contributed by atoms with Crippen LogP contribution in [-0.2, 0) is 0 Å². The molecule has 0 atom stereocenters. The summed E-state index contributed by atoms with van der Waals surface area (Å²) in [6.45, 7) is 5.86. The molecular formula is C22H26N4O3. The van der Waals surface area contributed by atoms with Gasteiger partial charge >= 0.3 is 0 Å². The number of aryl methyl sites for hydroxylation is 1. The van der Waals surface area contributed by atoms with Crippen molar-refractivity contribution in [2.24, 2.45) is 0 Å². The Hall–Kier alpha value is -3.09. The maximum absolute atomic E-state index is 12.9. The van der Waals surface area contributed by atoms with Crippen molar-refractivity contribution in [2.45, 2.75) is 39.2 Å². The van der Waals surface area contributed by atoms with E-state index in [2.05, 4.69) is 11.9 Å². The van der Waals surface area contributed by atoms with E-state index in [1.165, 1.54) is 0 Å². The molecule has 4 heterocycles. The van der Waals surface area contributed by atoms with Crippen LogP contribution in [0.15, 0.2) is 47.3 Å². The summed E-state index contributed by atoms with van der Waals surface area (Å²) in [5, 5.41) is 0. The van der Waals surface area contributed by atoms with Gasteiger partial charge in [0.25, 0.3) is 11.8 Å².